The predicted molar refractivity (Wildman–Crippen MR) is 241 cm³/mol. The zero-order valence-electron chi connectivity index (χ0n) is 31.6. The third-order valence-corrected chi connectivity index (χ3v) is 11.9. The van der Waals surface area contributed by atoms with Crippen molar-refractivity contribution in [3.05, 3.63) is 217 Å². The van der Waals surface area contributed by atoms with Crippen molar-refractivity contribution in [1.82, 2.24) is 4.98 Å². The van der Waals surface area contributed by atoms with Crippen LogP contribution < -0.4 is 0 Å². The van der Waals surface area contributed by atoms with E-state index in [0.29, 0.717) is 0 Å². The number of pyridine rings is 1. The molecule has 57 heavy (non-hydrogen) atoms. The zero-order valence-corrected chi connectivity index (χ0v) is 31.6. The molecule has 0 aliphatic heterocycles. The molecule has 0 bridgehead atoms. The van der Waals surface area contributed by atoms with Gasteiger partial charge in [-0.3, -0.25) is 0 Å². The van der Waals surface area contributed by atoms with Gasteiger partial charge in [0.05, 0.1) is 11.2 Å². The molecule has 2 aliphatic carbocycles. The molecular formula is C56H39N. The first kappa shape index (κ1) is 33.3. The lowest BCUT2D eigenvalue weighted by Gasteiger charge is -2.22. The normalized spacial score (nSPS) is 13.1. The van der Waals surface area contributed by atoms with Gasteiger partial charge in [0.2, 0.25) is 0 Å². The minimum atomic E-state index is 0.880. The average molecular weight is 726 g/mol. The van der Waals surface area contributed by atoms with Crippen molar-refractivity contribution < 1.29 is 0 Å². The van der Waals surface area contributed by atoms with Crippen LogP contribution >= 0.6 is 0 Å². The number of fused-ring (bicyclic) bond motifs is 6. The first-order valence-corrected chi connectivity index (χ1v) is 20.1. The lowest BCUT2D eigenvalue weighted by molar-refractivity contribution is 1.05. The molecule has 0 radical (unpaired) electrons. The molecule has 11 rings (SSSR count). The molecule has 0 fully saturated rings. The van der Waals surface area contributed by atoms with Crippen LogP contribution in [0.3, 0.4) is 0 Å². The van der Waals surface area contributed by atoms with Crippen LogP contribution in [0.2, 0.25) is 0 Å². The van der Waals surface area contributed by atoms with Gasteiger partial charge >= 0.3 is 0 Å². The Labute approximate surface area is 334 Å². The summed E-state index contributed by atoms with van der Waals surface area (Å²) in [7, 11) is 0. The molecule has 1 heterocycles. The van der Waals surface area contributed by atoms with Gasteiger partial charge in [-0.05, 0) is 120 Å². The van der Waals surface area contributed by atoms with Crippen molar-refractivity contribution >= 4 is 27.2 Å². The first-order chi connectivity index (χ1) is 28.3. The second kappa shape index (κ2) is 13.9. The Balaban J connectivity index is 1.11. The molecule has 1 heteroatoms. The van der Waals surface area contributed by atoms with Crippen molar-refractivity contribution in [3.63, 3.8) is 0 Å². The molecule has 1 nitrogen and oxygen atoms in total. The summed E-state index contributed by atoms with van der Waals surface area (Å²) in [4.78, 5) is 5.43. The van der Waals surface area contributed by atoms with Gasteiger partial charge in [-0.2, -0.15) is 0 Å². The van der Waals surface area contributed by atoms with Gasteiger partial charge in [0.25, 0.3) is 0 Å². The second-order valence-electron chi connectivity index (χ2n) is 15.3. The topological polar surface area (TPSA) is 12.9 Å². The summed E-state index contributed by atoms with van der Waals surface area (Å²) in [5, 5.41) is 3.61. The van der Waals surface area contributed by atoms with Crippen LogP contribution in [0.25, 0.3) is 94.1 Å². The molecule has 0 spiro atoms. The Kier molecular flexibility index (Phi) is 8.10. The fourth-order valence-corrected chi connectivity index (χ4v) is 9.24. The smallest absolute Gasteiger partial charge is 0.0794 e. The molecule has 2 aliphatic rings. The van der Waals surface area contributed by atoms with Gasteiger partial charge in [0.15, 0.2) is 0 Å². The minimum absolute atomic E-state index is 0.880. The van der Waals surface area contributed by atoms with E-state index >= 15 is 0 Å². The molecular weight excluding hydrogens is 687 g/mol. The largest absolute Gasteiger partial charge is 0.247 e. The minimum Gasteiger partial charge on any atom is -0.247 e. The standard InChI is InChI=1S/C56H39N/c1-4-16-37(17-5-1)46-35-50(38-18-6-2-7-19-38)54(51(36-46)39-20-8-3-9-21-39)45-27-15-25-42(33-45)41-24-14-26-44(32-41)53-49-31-30-40-22-10-12-28-47(40)55(49)57-56-48-29-13-11-23-43(48)34-52(53)56/h1-8,10-20,22-33,35-36H,9,21,34H2. The Morgan fingerprint density at radius 3 is 1.84 bits per heavy atom. The zero-order chi connectivity index (χ0) is 37.7. The third-order valence-electron chi connectivity index (χ3n) is 11.9. The van der Waals surface area contributed by atoms with Crippen LogP contribution in [-0.2, 0) is 6.42 Å². The Morgan fingerprint density at radius 1 is 0.421 bits per heavy atom. The van der Waals surface area contributed by atoms with E-state index in [4.69, 9.17) is 4.98 Å². The maximum atomic E-state index is 5.43. The maximum absolute atomic E-state index is 5.43. The quantitative estimate of drug-likeness (QED) is 0.156. The molecule has 0 saturated heterocycles. The highest BCUT2D eigenvalue weighted by molar-refractivity contribution is 6.12. The van der Waals surface area contributed by atoms with Crippen molar-refractivity contribution in [3.8, 4) is 66.9 Å². The highest BCUT2D eigenvalue weighted by Crippen LogP contribution is 2.47. The molecule has 9 aromatic rings. The van der Waals surface area contributed by atoms with E-state index in [-0.39, 0.29) is 0 Å². The number of allylic oxidation sites excluding steroid dienone is 4. The number of benzene rings is 8. The van der Waals surface area contributed by atoms with Gasteiger partial charge in [0.1, 0.15) is 0 Å². The van der Waals surface area contributed by atoms with E-state index in [9.17, 15) is 0 Å². The average Bonchev–Trinajstić information content (AvgIpc) is 3.67. The molecule has 0 unspecified atom stereocenters. The number of aromatic nitrogens is 1. The number of nitrogens with zero attached hydrogens (tertiary/aromatic N) is 1. The molecule has 268 valence electrons. The van der Waals surface area contributed by atoms with E-state index in [0.717, 1.165) is 30.5 Å². The summed E-state index contributed by atoms with van der Waals surface area (Å²) in [6.07, 6.45) is 9.76. The van der Waals surface area contributed by atoms with Crippen molar-refractivity contribution in [1.29, 1.82) is 0 Å². The van der Waals surface area contributed by atoms with Crippen LogP contribution in [0.5, 0.6) is 0 Å². The maximum Gasteiger partial charge on any atom is 0.0794 e. The molecule has 8 aromatic carbocycles. The molecule has 1 aromatic heterocycles. The molecule has 0 saturated carbocycles. The lowest BCUT2D eigenvalue weighted by atomic mass is 9.82. The summed E-state index contributed by atoms with van der Waals surface area (Å²) >= 11 is 0. The van der Waals surface area contributed by atoms with E-state index in [1.807, 2.05) is 0 Å². The number of rotatable bonds is 6. The third kappa shape index (κ3) is 5.83. The fourth-order valence-electron chi connectivity index (χ4n) is 9.24. The second-order valence-corrected chi connectivity index (χ2v) is 15.3. The van der Waals surface area contributed by atoms with Crippen LogP contribution in [0, 0.1) is 0 Å². The van der Waals surface area contributed by atoms with Gasteiger partial charge in [-0.1, -0.05) is 176 Å². The van der Waals surface area contributed by atoms with Crippen LogP contribution in [0.4, 0.5) is 0 Å². The summed E-state index contributed by atoms with van der Waals surface area (Å²) in [5.41, 5.74) is 21.1. The highest BCUT2D eigenvalue weighted by Gasteiger charge is 2.26. The summed E-state index contributed by atoms with van der Waals surface area (Å²) < 4.78 is 0. The fraction of sp³-hybridized carbons (Fsp3) is 0.0536. The van der Waals surface area contributed by atoms with E-state index in [2.05, 4.69) is 200 Å². The van der Waals surface area contributed by atoms with Crippen LogP contribution in [0.15, 0.2) is 200 Å². The van der Waals surface area contributed by atoms with Gasteiger partial charge in [-0.15, -0.1) is 0 Å². The predicted octanol–water partition coefficient (Wildman–Crippen LogP) is 15.0. The summed E-state index contributed by atoms with van der Waals surface area (Å²) in [6.45, 7) is 0. The lowest BCUT2D eigenvalue weighted by Crippen LogP contribution is -1.98. The van der Waals surface area contributed by atoms with Crippen molar-refractivity contribution in [2.45, 2.75) is 19.3 Å². The van der Waals surface area contributed by atoms with Gasteiger partial charge < -0.3 is 0 Å². The SMILES string of the molecule is C1=CCCC(c2cc(-c3ccccc3)cc(-c3ccccc3)c2-c2cccc(-c3cccc(-c4c5c(nc6c4ccc4ccccc46)-c4ccccc4C5)c3)c2)=C1. The van der Waals surface area contributed by atoms with Crippen molar-refractivity contribution in [2.75, 3.05) is 0 Å². The Hall–Kier alpha value is -7.09. The van der Waals surface area contributed by atoms with E-state index in [1.165, 1.54) is 99.6 Å². The van der Waals surface area contributed by atoms with E-state index in [1.54, 1.807) is 0 Å². The monoisotopic (exact) mass is 725 g/mol. The van der Waals surface area contributed by atoms with E-state index < -0.39 is 0 Å². The van der Waals surface area contributed by atoms with Gasteiger partial charge in [-0.25, -0.2) is 4.98 Å². The Bertz CT molecular complexity index is 3080. The van der Waals surface area contributed by atoms with Crippen LogP contribution in [0.1, 0.15) is 29.5 Å². The molecule has 0 amide bonds. The van der Waals surface area contributed by atoms with Crippen molar-refractivity contribution in [2.24, 2.45) is 0 Å². The molecule has 0 atom stereocenters. The molecule has 0 N–H and O–H groups in total. The van der Waals surface area contributed by atoms with Gasteiger partial charge in [0, 0.05) is 22.8 Å². The Morgan fingerprint density at radius 2 is 1.07 bits per heavy atom. The van der Waals surface area contributed by atoms with Crippen LogP contribution in [-0.4, -0.2) is 4.98 Å². The first-order valence-electron chi connectivity index (χ1n) is 20.1. The summed E-state index contributed by atoms with van der Waals surface area (Å²) in [6, 6.07) is 66.9. The summed E-state index contributed by atoms with van der Waals surface area (Å²) in [5.74, 6) is 0. The number of hydrogen-bond acceptors (Lipinski definition) is 1. The number of hydrogen-bond donors (Lipinski definition) is 0. The highest BCUT2D eigenvalue weighted by atomic mass is 14.7.